The molecule has 5 heteroatoms. The zero-order valence-corrected chi connectivity index (χ0v) is 5.65. The lowest BCUT2D eigenvalue weighted by Gasteiger charge is -1.90. The number of carbonyl (C=O) groups excluding carboxylic acids is 1. The SMILES string of the molecule is CCOC(=O)C=NF.Cl. The van der Waals surface area contributed by atoms with E-state index in [1.54, 1.807) is 6.92 Å². The molecule has 0 saturated carbocycles. The molecule has 0 rings (SSSR count). The molecule has 9 heavy (non-hydrogen) atoms. The van der Waals surface area contributed by atoms with Crippen LogP contribution < -0.4 is 0 Å². The second-order valence-electron chi connectivity index (χ2n) is 0.979. The summed E-state index contributed by atoms with van der Waals surface area (Å²) in [6.45, 7) is 1.87. The first-order chi connectivity index (χ1) is 3.81. The first-order valence-electron chi connectivity index (χ1n) is 2.12. The Morgan fingerprint density at radius 1 is 1.89 bits per heavy atom. The van der Waals surface area contributed by atoms with Crippen molar-refractivity contribution in [1.82, 2.24) is 0 Å². The van der Waals surface area contributed by atoms with Gasteiger partial charge in [-0.2, -0.15) is 0 Å². The number of carbonyl (C=O) groups is 1. The third-order valence-corrected chi connectivity index (χ3v) is 0.441. The standard InChI is InChI=1S/C4H6FNO2.ClH/c1-2-8-4(7)3-6-5;/h3H,2H2,1H3;1H. The number of hydrogen-bond donors (Lipinski definition) is 0. The highest BCUT2D eigenvalue weighted by Gasteiger charge is 1.91. The fraction of sp³-hybridized carbons (Fsp3) is 0.500. The minimum Gasteiger partial charge on any atom is -0.462 e. The monoisotopic (exact) mass is 155 g/mol. The Morgan fingerprint density at radius 2 is 2.44 bits per heavy atom. The van der Waals surface area contributed by atoms with E-state index in [2.05, 4.69) is 4.74 Å². The zero-order valence-electron chi connectivity index (χ0n) is 4.83. The Balaban J connectivity index is 0. The Hall–Kier alpha value is -0.640. The molecule has 54 valence electrons. The second kappa shape index (κ2) is 7.36. The van der Waals surface area contributed by atoms with Gasteiger partial charge in [-0.3, -0.25) is 0 Å². The smallest absolute Gasteiger partial charge is 0.352 e. The van der Waals surface area contributed by atoms with Crippen LogP contribution in [0.3, 0.4) is 0 Å². The van der Waals surface area contributed by atoms with Crippen LogP contribution >= 0.6 is 12.4 Å². The van der Waals surface area contributed by atoms with Crippen LogP contribution in [0, 0.1) is 0 Å². The lowest BCUT2D eigenvalue weighted by molar-refractivity contribution is -0.134. The van der Waals surface area contributed by atoms with Crippen LogP contribution in [-0.2, 0) is 9.53 Å². The summed E-state index contributed by atoms with van der Waals surface area (Å²) >= 11 is 0. The Labute approximate surface area is 58.3 Å². The largest absolute Gasteiger partial charge is 0.462 e. The highest BCUT2D eigenvalue weighted by Crippen LogP contribution is 1.72. The molecule has 0 N–H and O–H groups in total. The number of halogens is 2. The molecule has 0 aromatic rings. The van der Waals surface area contributed by atoms with Gasteiger partial charge in [0, 0.05) is 0 Å². The first-order valence-corrected chi connectivity index (χ1v) is 2.12. The minimum atomic E-state index is -0.755. The molecule has 0 fully saturated rings. The van der Waals surface area contributed by atoms with Gasteiger partial charge < -0.3 is 4.74 Å². The Bertz CT molecular complexity index is 107. The summed E-state index contributed by atoms with van der Waals surface area (Å²) in [6, 6.07) is 0. The maximum Gasteiger partial charge on any atom is 0.352 e. The number of hydrogen-bond acceptors (Lipinski definition) is 3. The lowest BCUT2D eigenvalue weighted by atomic mass is 10.7. The number of rotatable bonds is 2. The molecule has 0 aromatic carbocycles. The molecular weight excluding hydrogens is 148 g/mol. The van der Waals surface area contributed by atoms with Gasteiger partial charge in [-0.1, -0.05) is 9.70 Å². The van der Waals surface area contributed by atoms with Crippen LogP contribution in [0.4, 0.5) is 4.48 Å². The predicted octanol–water partition coefficient (Wildman–Crippen LogP) is 0.927. The van der Waals surface area contributed by atoms with Gasteiger partial charge in [0.25, 0.3) is 0 Å². The molecule has 0 saturated heterocycles. The van der Waals surface area contributed by atoms with E-state index in [0.717, 1.165) is 0 Å². The van der Waals surface area contributed by atoms with Crippen LogP contribution in [0.1, 0.15) is 6.92 Å². The fourth-order valence-electron chi connectivity index (χ4n) is 0.219. The summed E-state index contributed by atoms with van der Waals surface area (Å²) in [7, 11) is 0. The van der Waals surface area contributed by atoms with Crippen LogP contribution in [0.15, 0.2) is 5.21 Å². The predicted molar refractivity (Wildman–Crippen MR) is 33.5 cm³/mol. The molecule has 3 nitrogen and oxygen atoms in total. The molecule has 0 aliphatic heterocycles. The Kier molecular flexibility index (Phi) is 9.16. The van der Waals surface area contributed by atoms with Crippen molar-refractivity contribution in [3.05, 3.63) is 0 Å². The maximum absolute atomic E-state index is 10.8. The van der Waals surface area contributed by atoms with Gasteiger partial charge in [-0.15, -0.1) is 12.4 Å². The van der Waals surface area contributed by atoms with E-state index in [-0.39, 0.29) is 19.0 Å². The van der Waals surface area contributed by atoms with E-state index < -0.39 is 5.97 Å². The lowest BCUT2D eigenvalue weighted by Crippen LogP contribution is -2.03. The van der Waals surface area contributed by atoms with Crippen LogP contribution in [0.25, 0.3) is 0 Å². The summed E-state index contributed by atoms with van der Waals surface area (Å²) in [5.74, 6) is -0.755. The van der Waals surface area contributed by atoms with Crippen molar-refractivity contribution in [2.75, 3.05) is 6.61 Å². The molecular formula is C4H7ClFNO2. The van der Waals surface area contributed by atoms with Crippen molar-refractivity contribution >= 4 is 24.6 Å². The molecule has 0 atom stereocenters. The summed E-state index contributed by atoms with van der Waals surface area (Å²) in [5.41, 5.74) is 0. The third kappa shape index (κ3) is 7.36. The molecule has 0 spiro atoms. The van der Waals surface area contributed by atoms with Crippen LogP contribution in [0.5, 0.6) is 0 Å². The van der Waals surface area contributed by atoms with Crippen molar-refractivity contribution in [3.8, 4) is 0 Å². The molecule has 0 aliphatic carbocycles. The van der Waals surface area contributed by atoms with Crippen molar-refractivity contribution < 1.29 is 14.0 Å². The van der Waals surface area contributed by atoms with E-state index in [1.165, 1.54) is 0 Å². The average Bonchev–Trinajstić information content (AvgIpc) is 1.68. The van der Waals surface area contributed by atoms with Gasteiger partial charge in [-0.05, 0) is 6.92 Å². The quantitative estimate of drug-likeness (QED) is 0.440. The van der Waals surface area contributed by atoms with Gasteiger partial charge in [0.2, 0.25) is 0 Å². The maximum atomic E-state index is 10.8. The summed E-state index contributed by atoms with van der Waals surface area (Å²) in [6.07, 6.45) is 0.476. The van der Waals surface area contributed by atoms with Crippen molar-refractivity contribution in [3.63, 3.8) is 0 Å². The van der Waals surface area contributed by atoms with Crippen LogP contribution in [0.2, 0.25) is 0 Å². The fourth-order valence-corrected chi connectivity index (χ4v) is 0.219. The second-order valence-corrected chi connectivity index (χ2v) is 0.979. The molecule has 0 aromatic heterocycles. The van der Waals surface area contributed by atoms with Gasteiger partial charge in [0.05, 0.1) is 6.61 Å². The van der Waals surface area contributed by atoms with E-state index in [4.69, 9.17) is 0 Å². The van der Waals surface area contributed by atoms with E-state index in [1.807, 2.05) is 5.21 Å². The molecule has 0 heterocycles. The number of esters is 1. The van der Waals surface area contributed by atoms with E-state index in [9.17, 15) is 9.28 Å². The average molecular weight is 156 g/mol. The summed E-state index contributed by atoms with van der Waals surface area (Å²) in [5, 5.41) is 1.95. The topological polar surface area (TPSA) is 38.7 Å². The van der Waals surface area contributed by atoms with E-state index >= 15 is 0 Å². The number of ether oxygens (including phenoxy) is 1. The highest BCUT2D eigenvalue weighted by molar-refractivity contribution is 6.22. The normalized spacial score (nSPS) is 8.67. The third-order valence-electron chi connectivity index (χ3n) is 0.441. The van der Waals surface area contributed by atoms with Crippen LogP contribution in [-0.4, -0.2) is 18.8 Å². The van der Waals surface area contributed by atoms with E-state index in [0.29, 0.717) is 6.21 Å². The molecule has 0 bridgehead atoms. The van der Waals surface area contributed by atoms with Gasteiger partial charge in [0.15, 0.2) is 0 Å². The minimum absolute atomic E-state index is 0. The van der Waals surface area contributed by atoms with Crippen molar-refractivity contribution in [1.29, 1.82) is 0 Å². The number of nitrogens with zero attached hydrogens (tertiary/aromatic N) is 1. The molecule has 0 radical (unpaired) electrons. The Morgan fingerprint density at radius 3 is 2.78 bits per heavy atom. The molecule has 0 amide bonds. The van der Waals surface area contributed by atoms with Crippen molar-refractivity contribution in [2.24, 2.45) is 5.21 Å². The first kappa shape index (κ1) is 11.2. The molecule has 0 unspecified atom stereocenters. The summed E-state index contributed by atoms with van der Waals surface area (Å²) < 4.78 is 15.1. The summed E-state index contributed by atoms with van der Waals surface area (Å²) in [4.78, 5) is 10.0. The van der Waals surface area contributed by atoms with Gasteiger partial charge >= 0.3 is 5.97 Å². The zero-order chi connectivity index (χ0) is 6.41. The van der Waals surface area contributed by atoms with Crippen molar-refractivity contribution in [2.45, 2.75) is 6.92 Å². The van der Waals surface area contributed by atoms with Gasteiger partial charge in [-0.25, -0.2) is 4.79 Å². The van der Waals surface area contributed by atoms with Gasteiger partial charge in [0.1, 0.15) is 6.21 Å². The highest BCUT2D eigenvalue weighted by atomic mass is 35.5. The molecule has 0 aliphatic rings.